The Bertz CT molecular complexity index is 1080. The third-order valence-electron chi connectivity index (χ3n) is 6.09. The smallest absolute Gasteiger partial charge is 0.268 e. The van der Waals surface area contributed by atoms with E-state index in [1.807, 2.05) is 17.9 Å². The number of fused-ring (bicyclic) bond motifs is 2. The number of carbonyl (C=O) groups is 1. The average molecular weight is 407 g/mol. The molecule has 1 aromatic carbocycles. The highest BCUT2D eigenvalue weighted by atomic mass is 32.1. The number of amides is 1. The van der Waals surface area contributed by atoms with Gasteiger partial charge in [0.15, 0.2) is 0 Å². The summed E-state index contributed by atoms with van der Waals surface area (Å²) in [5, 5.41) is 1.07. The molecule has 0 bridgehead atoms. The van der Waals surface area contributed by atoms with Gasteiger partial charge in [-0.3, -0.25) is 4.79 Å². The molecule has 0 N–H and O–H groups in total. The molecule has 0 aliphatic carbocycles. The van der Waals surface area contributed by atoms with Crippen molar-refractivity contribution in [2.75, 3.05) is 29.4 Å². The molecular weight excluding hydrogens is 380 g/mol. The first-order valence-corrected chi connectivity index (χ1v) is 11.4. The maximum Gasteiger partial charge on any atom is 0.268 e. The summed E-state index contributed by atoms with van der Waals surface area (Å²) in [4.78, 5) is 29.2. The Hall–Kier alpha value is -2.47. The first-order valence-electron chi connectivity index (χ1n) is 10.6. The van der Waals surface area contributed by atoms with Crippen LogP contribution in [0.15, 0.2) is 24.3 Å². The topological polar surface area (TPSA) is 49.3 Å². The Labute approximate surface area is 175 Å². The van der Waals surface area contributed by atoms with Crippen LogP contribution in [-0.2, 0) is 6.42 Å². The fourth-order valence-corrected chi connectivity index (χ4v) is 5.80. The van der Waals surface area contributed by atoms with Crippen molar-refractivity contribution >= 4 is 39.0 Å². The van der Waals surface area contributed by atoms with E-state index >= 15 is 0 Å². The number of rotatable bonds is 2. The van der Waals surface area contributed by atoms with E-state index < -0.39 is 0 Å². The molecule has 0 radical (unpaired) electrons. The summed E-state index contributed by atoms with van der Waals surface area (Å²) in [5.41, 5.74) is 3.34. The largest absolute Gasteiger partial charge is 0.356 e. The summed E-state index contributed by atoms with van der Waals surface area (Å²) in [6.45, 7) is 6.85. The standard InChI is InChI=1S/C23H26N4OS/c1-15-19-21(26-12-6-3-7-13-26)24-16(2)25-22(19)29-20(15)23(28)27-14-8-10-17-9-4-5-11-18(17)27/h4-5,9,11H,3,6-8,10,12-14H2,1-2H3. The molecule has 0 spiro atoms. The number of aryl methyl sites for hydroxylation is 3. The third kappa shape index (κ3) is 3.19. The molecule has 2 aromatic heterocycles. The van der Waals surface area contributed by atoms with Crippen molar-refractivity contribution < 1.29 is 4.79 Å². The van der Waals surface area contributed by atoms with Crippen LogP contribution < -0.4 is 9.80 Å². The molecular formula is C23H26N4OS. The normalized spacial score (nSPS) is 16.9. The van der Waals surface area contributed by atoms with Crippen LogP contribution in [0.3, 0.4) is 0 Å². The lowest BCUT2D eigenvalue weighted by Crippen LogP contribution is -2.35. The molecule has 5 rings (SSSR count). The zero-order valence-electron chi connectivity index (χ0n) is 17.1. The van der Waals surface area contributed by atoms with Crippen LogP contribution in [0, 0.1) is 13.8 Å². The van der Waals surface area contributed by atoms with Gasteiger partial charge in [0.2, 0.25) is 0 Å². The van der Waals surface area contributed by atoms with Crippen molar-refractivity contribution in [1.82, 2.24) is 9.97 Å². The molecule has 3 aromatic rings. The van der Waals surface area contributed by atoms with Crippen molar-refractivity contribution in [3.05, 3.63) is 46.1 Å². The summed E-state index contributed by atoms with van der Waals surface area (Å²) < 4.78 is 0. The molecule has 0 unspecified atom stereocenters. The van der Waals surface area contributed by atoms with Crippen LogP contribution in [0.5, 0.6) is 0 Å². The number of benzene rings is 1. The van der Waals surface area contributed by atoms with Crippen LogP contribution in [-0.4, -0.2) is 35.5 Å². The van der Waals surface area contributed by atoms with Gasteiger partial charge in [0.05, 0.1) is 10.3 Å². The fourth-order valence-electron chi connectivity index (χ4n) is 4.63. The van der Waals surface area contributed by atoms with E-state index in [1.165, 1.54) is 36.2 Å². The molecule has 29 heavy (non-hydrogen) atoms. The van der Waals surface area contributed by atoms with Crippen LogP contribution >= 0.6 is 11.3 Å². The van der Waals surface area contributed by atoms with Gasteiger partial charge in [-0.1, -0.05) is 18.2 Å². The first-order chi connectivity index (χ1) is 14.1. The maximum absolute atomic E-state index is 13.6. The lowest BCUT2D eigenvalue weighted by atomic mass is 10.0. The number of nitrogens with zero attached hydrogens (tertiary/aromatic N) is 4. The van der Waals surface area contributed by atoms with Crippen LogP contribution in [0.1, 0.15) is 52.3 Å². The Balaban J connectivity index is 1.60. The number of hydrogen-bond donors (Lipinski definition) is 0. The number of piperidine rings is 1. The van der Waals surface area contributed by atoms with Gasteiger partial charge < -0.3 is 9.80 Å². The highest BCUT2D eigenvalue weighted by molar-refractivity contribution is 7.20. The van der Waals surface area contributed by atoms with Crippen LogP contribution in [0.25, 0.3) is 10.2 Å². The summed E-state index contributed by atoms with van der Waals surface area (Å²) >= 11 is 1.52. The minimum absolute atomic E-state index is 0.0971. The minimum Gasteiger partial charge on any atom is -0.356 e. The van der Waals surface area contributed by atoms with Gasteiger partial charge in [0, 0.05) is 25.3 Å². The van der Waals surface area contributed by atoms with Crippen molar-refractivity contribution in [2.45, 2.75) is 46.0 Å². The number of hydrogen-bond acceptors (Lipinski definition) is 5. The molecule has 2 aliphatic rings. The quantitative estimate of drug-likeness (QED) is 0.608. The Kier molecular flexibility index (Phi) is 4.74. The molecule has 150 valence electrons. The summed E-state index contributed by atoms with van der Waals surface area (Å²) in [6.07, 6.45) is 5.72. The van der Waals surface area contributed by atoms with E-state index in [0.717, 1.165) is 70.5 Å². The lowest BCUT2D eigenvalue weighted by Gasteiger charge is -2.29. The summed E-state index contributed by atoms with van der Waals surface area (Å²) in [5.74, 6) is 1.89. The summed E-state index contributed by atoms with van der Waals surface area (Å²) in [7, 11) is 0. The molecule has 1 saturated heterocycles. The van der Waals surface area contributed by atoms with E-state index in [4.69, 9.17) is 9.97 Å². The van der Waals surface area contributed by atoms with Gasteiger partial charge in [0.1, 0.15) is 16.5 Å². The highest BCUT2D eigenvalue weighted by Gasteiger charge is 2.29. The average Bonchev–Trinajstić information content (AvgIpc) is 3.09. The highest BCUT2D eigenvalue weighted by Crippen LogP contribution is 2.38. The Morgan fingerprint density at radius 2 is 1.79 bits per heavy atom. The number of anilines is 2. The Morgan fingerprint density at radius 3 is 2.62 bits per heavy atom. The SMILES string of the molecule is Cc1nc(N2CCCCC2)c2c(C)c(C(=O)N3CCCc4ccccc43)sc2n1. The van der Waals surface area contributed by atoms with E-state index in [1.54, 1.807) is 0 Å². The van der Waals surface area contributed by atoms with Crippen molar-refractivity contribution in [3.63, 3.8) is 0 Å². The van der Waals surface area contributed by atoms with Gasteiger partial charge in [-0.15, -0.1) is 11.3 Å². The molecule has 2 aliphatic heterocycles. The van der Waals surface area contributed by atoms with Crippen LogP contribution in [0.4, 0.5) is 11.5 Å². The van der Waals surface area contributed by atoms with E-state index in [2.05, 4.69) is 30.0 Å². The minimum atomic E-state index is 0.0971. The van der Waals surface area contributed by atoms with Gasteiger partial charge in [-0.2, -0.15) is 0 Å². The number of carbonyl (C=O) groups excluding carboxylic acids is 1. The number of para-hydroxylation sites is 1. The third-order valence-corrected chi connectivity index (χ3v) is 7.26. The monoisotopic (exact) mass is 406 g/mol. The van der Waals surface area contributed by atoms with Gasteiger partial charge in [-0.05, 0) is 63.1 Å². The van der Waals surface area contributed by atoms with Crippen molar-refractivity contribution in [3.8, 4) is 0 Å². The predicted octanol–water partition coefficient (Wildman–Crippen LogP) is 4.89. The lowest BCUT2D eigenvalue weighted by molar-refractivity contribution is 0.0988. The molecule has 4 heterocycles. The molecule has 1 fully saturated rings. The second-order valence-corrected chi connectivity index (χ2v) is 9.07. The number of thiophene rings is 1. The zero-order valence-corrected chi connectivity index (χ0v) is 17.9. The molecule has 0 atom stereocenters. The summed E-state index contributed by atoms with van der Waals surface area (Å²) in [6, 6.07) is 8.28. The zero-order chi connectivity index (χ0) is 20.0. The second kappa shape index (κ2) is 7.41. The van der Waals surface area contributed by atoms with E-state index in [9.17, 15) is 4.79 Å². The van der Waals surface area contributed by atoms with Crippen molar-refractivity contribution in [1.29, 1.82) is 0 Å². The second-order valence-electron chi connectivity index (χ2n) is 8.07. The van der Waals surface area contributed by atoms with E-state index in [-0.39, 0.29) is 5.91 Å². The number of aromatic nitrogens is 2. The Morgan fingerprint density at radius 1 is 1.00 bits per heavy atom. The van der Waals surface area contributed by atoms with E-state index in [0.29, 0.717) is 0 Å². The molecule has 5 nitrogen and oxygen atoms in total. The van der Waals surface area contributed by atoms with Crippen molar-refractivity contribution in [2.24, 2.45) is 0 Å². The maximum atomic E-state index is 13.6. The van der Waals surface area contributed by atoms with Crippen LogP contribution in [0.2, 0.25) is 0 Å². The first kappa shape index (κ1) is 18.6. The van der Waals surface area contributed by atoms with Gasteiger partial charge in [-0.25, -0.2) is 9.97 Å². The molecule has 1 amide bonds. The fraction of sp³-hybridized carbons (Fsp3) is 0.435. The van der Waals surface area contributed by atoms with Gasteiger partial charge >= 0.3 is 0 Å². The molecule has 0 saturated carbocycles. The predicted molar refractivity (Wildman–Crippen MR) is 119 cm³/mol. The van der Waals surface area contributed by atoms with Gasteiger partial charge in [0.25, 0.3) is 5.91 Å². The molecule has 6 heteroatoms.